The van der Waals surface area contributed by atoms with Crippen molar-refractivity contribution in [2.75, 3.05) is 11.9 Å². The van der Waals surface area contributed by atoms with Gasteiger partial charge in [-0.1, -0.05) is 37.1 Å². The molecule has 0 radical (unpaired) electrons. The van der Waals surface area contributed by atoms with E-state index in [0.29, 0.717) is 5.02 Å². The molecule has 0 aromatic heterocycles. The van der Waals surface area contributed by atoms with E-state index in [2.05, 4.69) is 17.6 Å². The van der Waals surface area contributed by atoms with Gasteiger partial charge in [-0.2, -0.15) is 0 Å². The number of halogens is 1. The molecule has 4 heteroatoms. The van der Waals surface area contributed by atoms with Crippen molar-refractivity contribution in [3.8, 4) is 0 Å². The van der Waals surface area contributed by atoms with Crippen molar-refractivity contribution in [2.45, 2.75) is 39.7 Å². The molecule has 0 saturated carbocycles. The number of amides is 1. The number of aryl methyl sites for hydroxylation is 1. The van der Waals surface area contributed by atoms with Gasteiger partial charge in [-0.25, -0.2) is 0 Å². The van der Waals surface area contributed by atoms with Crippen LogP contribution in [0.3, 0.4) is 0 Å². The molecule has 0 aliphatic carbocycles. The third-order valence-corrected chi connectivity index (χ3v) is 3.26. The van der Waals surface area contributed by atoms with E-state index in [9.17, 15) is 4.79 Å². The Hall–Kier alpha value is -1.22. The average molecular weight is 269 g/mol. The molecule has 0 spiro atoms. The van der Waals surface area contributed by atoms with Crippen LogP contribution >= 0.6 is 11.6 Å². The Morgan fingerprint density at radius 2 is 2.17 bits per heavy atom. The van der Waals surface area contributed by atoms with Crippen LogP contribution in [-0.2, 0) is 4.79 Å². The molecule has 100 valence electrons. The molecular weight excluding hydrogens is 248 g/mol. The fourth-order valence-electron chi connectivity index (χ4n) is 1.79. The number of anilines is 1. The second-order valence-corrected chi connectivity index (χ2v) is 4.93. The second-order valence-electron chi connectivity index (χ2n) is 4.55. The maximum Gasteiger partial charge on any atom is 0.239 e. The smallest absolute Gasteiger partial charge is 0.239 e. The van der Waals surface area contributed by atoms with Crippen molar-refractivity contribution < 1.29 is 4.79 Å². The van der Waals surface area contributed by atoms with Gasteiger partial charge in [0.2, 0.25) is 5.91 Å². The largest absolute Gasteiger partial charge is 0.375 e. The van der Waals surface area contributed by atoms with E-state index in [1.54, 1.807) is 0 Å². The van der Waals surface area contributed by atoms with Gasteiger partial charge >= 0.3 is 0 Å². The van der Waals surface area contributed by atoms with Crippen molar-refractivity contribution in [1.82, 2.24) is 5.32 Å². The summed E-state index contributed by atoms with van der Waals surface area (Å²) in [6, 6.07) is 5.95. The van der Waals surface area contributed by atoms with Crippen LogP contribution in [0.2, 0.25) is 5.02 Å². The second kappa shape index (κ2) is 7.27. The van der Waals surface area contributed by atoms with Gasteiger partial charge in [0.1, 0.15) is 0 Å². The van der Waals surface area contributed by atoms with Crippen LogP contribution in [0.25, 0.3) is 0 Å². The lowest BCUT2D eigenvalue weighted by Gasteiger charge is -2.14. The summed E-state index contributed by atoms with van der Waals surface area (Å²) >= 11 is 6.14. The van der Waals surface area contributed by atoms with Crippen LogP contribution in [-0.4, -0.2) is 18.5 Å². The van der Waals surface area contributed by atoms with E-state index in [-0.39, 0.29) is 18.5 Å². The molecule has 0 aliphatic heterocycles. The quantitative estimate of drug-likeness (QED) is 0.831. The van der Waals surface area contributed by atoms with Gasteiger partial charge in [0.25, 0.3) is 0 Å². The van der Waals surface area contributed by atoms with Crippen LogP contribution in [0.1, 0.15) is 32.3 Å². The lowest BCUT2D eigenvalue weighted by Crippen LogP contribution is -2.36. The van der Waals surface area contributed by atoms with Crippen molar-refractivity contribution in [1.29, 1.82) is 0 Å². The fraction of sp³-hybridized carbons (Fsp3) is 0.500. The monoisotopic (exact) mass is 268 g/mol. The van der Waals surface area contributed by atoms with E-state index < -0.39 is 0 Å². The Bertz CT molecular complexity index is 407. The van der Waals surface area contributed by atoms with E-state index >= 15 is 0 Å². The molecule has 1 aromatic rings. The summed E-state index contributed by atoms with van der Waals surface area (Å²) in [5.41, 5.74) is 1.80. The molecule has 1 amide bonds. The van der Waals surface area contributed by atoms with Gasteiger partial charge in [-0.05, 0) is 31.9 Å². The molecule has 2 N–H and O–H groups in total. The number of nitrogens with one attached hydrogen (secondary N) is 2. The van der Waals surface area contributed by atoms with Gasteiger partial charge in [-0.15, -0.1) is 0 Å². The van der Waals surface area contributed by atoms with Gasteiger partial charge < -0.3 is 10.6 Å². The maximum absolute atomic E-state index is 11.7. The predicted octanol–water partition coefficient (Wildman–Crippen LogP) is 3.37. The highest BCUT2D eigenvalue weighted by molar-refractivity contribution is 6.34. The third-order valence-electron chi connectivity index (χ3n) is 2.76. The van der Waals surface area contributed by atoms with Crippen LogP contribution < -0.4 is 10.6 Å². The van der Waals surface area contributed by atoms with E-state index in [4.69, 9.17) is 11.6 Å². The van der Waals surface area contributed by atoms with Crippen LogP contribution in [0, 0.1) is 6.92 Å². The molecule has 0 aliphatic rings. The summed E-state index contributed by atoms with van der Waals surface area (Å²) in [6.07, 6.45) is 2.07. The van der Waals surface area contributed by atoms with Gasteiger partial charge in [0.05, 0.1) is 17.3 Å². The molecule has 0 heterocycles. The minimum absolute atomic E-state index is 0.00600. The molecule has 1 unspecified atom stereocenters. The molecule has 0 saturated heterocycles. The summed E-state index contributed by atoms with van der Waals surface area (Å²) < 4.78 is 0. The third kappa shape index (κ3) is 4.57. The standard InChI is InChI=1S/C14H21ClN2O/c1-4-6-11(3)17-13(18)9-16-12-8-5-7-10(2)14(12)15/h5,7-8,11,16H,4,6,9H2,1-3H3,(H,17,18). The van der Waals surface area contributed by atoms with E-state index in [1.165, 1.54) is 0 Å². The zero-order valence-electron chi connectivity index (χ0n) is 11.2. The van der Waals surface area contributed by atoms with Gasteiger partial charge in [0.15, 0.2) is 0 Å². The zero-order chi connectivity index (χ0) is 13.5. The number of hydrogen-bond donors (Lipinski definition) is 2. The summed E-state index contributed by atoms with van der Waals surface area (Å²) in [5.74, 6) is -0.00600. The summed E-state index contributed by atoms with van der Waals surface area (Å²) in [5, 5.41) is 6.67. The Kier molecular flexibility index (Phi) is 5.99. The highest BCUT2D eigenvalue weighted by atomic mass is 35.5. The first-order valence-electron chi connectivity index (χ1n) is 6.33. The summed E-state index contributed by atoms with van der Waals surface area (Å²) in [6.45, 7) is 6.31. The van der Waals surface area contributed by atoms with Crippen LogP contribution in [0.5, 0.6) is 0 Å². The molecule has 1 atom stereocenters. The number of rotatable bonds is 6. The highest BCUT2D eigenvalue weighted by Gasteiger charge is 2.07. The van der Waals surface area contributed by atoms with Gasteiger partial charge in [-0.3, -0.25) is 4.79 Å². The zero-order valence-corrected chi connectivity index (χ0v) is 12.0. The highest BCUT2D eigenvalue weighted by Crippen LogP contribution is 2.24. The van der Waals surface area contributed by atoms with E-state index in [1.807, 2.05) is 32.0 Å². The topological polar surface area (TPSA) is 41.1 Å². The molecule has 0 bridgehead atoms. The first-order valence-corrected chi connectivity index (χ1v) is 6.70. The van der Waals surface area contributed by atoms with Gasteiger partial charge in [0, 0.05) is 6.04 Å². The molecule has 1 aromatic carbocycles. The lowest BCUT2D eigenvalue weighted by atomic mass is 10.2. The molecule has 1 rings (SSSR count). The van der Waals surface area contributed by atoms with Crippen molar-refractivity contribution in [2.24, 2.45) is 0 Å². The minimum Gasteiger partial charge on any atom is -0.375 e. The normalized spacial score (nSPS) is 12.0. The molecule has 18 heavy (non-hydrogen) atoms. The Morgan fingerprint density at radius 1 is 1.44 bits per heavy atom. The van der Waals surface area contributed by atoms with Crippen LogP contribution in [0.4, 0.5) is 5.69 Å². The SMILES string of the molecule is CCCC(C)NC(=O)CNc1cccc(C)c1Cl. The summed E-state index contributed by atoms with van der Waals surface area (Å²) in [4.78, 5) is 11.7. The maximum atomic E-state index is 11.7. The summed E-state index contributed by atoms with van der Waals surface area (Å²) in [7, 11) is 0. The Balaban J connectivity index is 2.45. The average Bonchev–Trinajstić information content (AvgIpc) is 2.31. The predicted molar refractivity (Wildman–Crippen MR) is 77.2 cm³/mol. The molecule has 3 nitrogen and oxygen atoms in total. The minimum atomic E-state index is -0.00600. The Morgan fingerprint density at radius 3 is 2.83 bits per heavy atom. The number of benzene rings is 1. The number of carbonyl (C=O) groups is 1. The van der Waals surface area contributed by atoms with Crippen molar-refractivity contribution in [3.63, 3.8) is 0 Å². The molecule has 0 fully saturated rings. The Labute approximate surface area is 114 Å². The number of hydrogen-bond acceptors (Lipinski definition) is 2. The molecular formula is C14H21ClN2O. The van der Waals surface area contributed by atoms with Crippen LogP contribution in [0.15, 0.2) is 18.2 Å². The van der Waals surface area contributed by atoms with E-state index in [0.717, 1.165) is 24.1 Å². The first-order chi connectivity index (χ1) is 8.54. The fourth-order valence-corrected chi connectivity index (χ4v) is 1.98. The van der Waals surface area contributed by atoms with Crippen molar-refractivity contribution >= 4 is 23.2 Å². The van der Waals surface area contributed by atoms with Crippen molar-refractivity contribution in [3.05, 3.63) is 28.8 Å². The first kappa shape index (κ1) is 14.8. The number of carbonyl (C=O) groups excluding carboxylic acids is 1. The lowest BCUT2D eigenvalue weighted by molar-refractivity contribution is -0.120.